The Morgan fingerprint density at radius 2 is 2.37 bits per heavy atom. The monoisotopic (exact) mass is 333 g/mol. The minimum atomic E-state index is 0.590. The van der Waals surface area contributed by atoms with Gasteiger partial charge in [0.15, 0.2) is 0 Å². The minimum absolute atomic E-state index is 0.590. The third-order valence-corrected chi connectivity index (χ3v) is 4.32. The highest BCUT2D eigenvalue weighted by Gasteiger charge is 2.09. The summed E-state index contributed by atoms with van der Waals surface area (Å²) in [6, 6.07) is 4.10. The Labute approximate surface area is 121 Å². The topological polar surface area (TPSA) is 77.4 Å². The lowest BCUT2D eigenvalue weighted by molar-refractivity contribution is 0.974. The number of fused-ring (bicyclic) bond motifs is 1. The molecule has 0 saturated heterocycles. The number of nitriles is 1. The van der Waals surface area contributed by atoms with Crippen LogP contribution in [0.5, 0.6) is 0 Å². The van der Waals surface area contributed by atoms with Crippen LogP contribution in [0.1, 0.15) is 11.3 Å². The molecule has 3 aromatic heterocycles. The standard InChI is InChI=1S/C12H8BrN5S/c13-9-5-17-18-10(9)6-16-12-11-8(1-2-19-11)7(3-14)4-15-12/h1-2,4-5H,6H2,(H,15,16)(H,17,18). The van der Waals surface area contributed by atoms with E-state index in [1.54, 1.807) is 23.7 Å². The number of thiophene rings is 1. The van der Waals surface area contributed by atoms with Gasteiger partial charge in [-0.1, -0.05) is 0 Å². The number of nitrogens with one attached hydrogen (secondary N) is 2. The number of halogens is 1. The Hall–Kier alpha value is -1.91. The second-order valence-electron chi connectivity index (χ2n) is 3.85. The molecular formula is C12H8BrN5S. The first-order valence-electron chi connectivity index (χ1n) is 5.47. The van der Waals surface area contributed by atoms with Crippen molar-refractivity contribution in [2.75, 3.05) is 5.32 Å². The van der Waals surface area contributed by atoms with Gasteiger partial charge in [0.25, 0.3) is 0 Å². The van der Waals surface area contributed by atoms with Gasteiger partial charge in [-0.2, -0.15) is 10.4 Å². The molecule has 3 aromatic rings. The summed E-state index contributed by atoms with van der Waals surface area (Å²) in [5, 5.41) is 22.0. The van der Waals surface area contributed by atoms with Crippen LogP contribution in [0.15, 0.2) is 28.3 Å². The van der Waals surface area contributed by atoms with Crippen molar-refractivity contribution in [1.29, 1.82) is 5.26 Å². The largest absolute Gasteiger partial charge is 0.363 e. The first kappa shape index (κ1) is 12.1. The van der Waals surface area contributed by atoms with Gasteiger partial charge >= 0.3 is 0 Å². The molecule has 0 aromatic carbocycles. The van der Waals surface area contributed by atoms with Crippen molar-refractivity contribution in [2.24, 2.45) is 0 Å². The van der Waals surface area contributed by atoms with Gasteiger partial charge in [0.2, 0.25) is 0 Å². The summed E-state index contributed by atoms with van der Waals surface area (Å²) in [6.45, 7) is 0.590. The molecule has 0 fully saturated rings. The molecule has 2 N–H and O–H groups in total. The number of anilines is 1. The summed E-state index contributed by atoms with van der Waals surface area (Å²) in [4.78, 5) is 4.31. The Morgan fingerprint density at radius 3 is 3.11 bits per heavy atom. The smallest absolute Gasteiger partial charge is 0.144 e. The summed E-state index contributed by atoms with van der Waals surface area (Å²) in [5.74, 6) is 0.783. The zero-order valence-corrected chi connectivity index (χ0v) is 12.0. The molecule has 0 unspecified atom stereocenters. The van der Waals surface area contributed by atoms with Crippen LogP contribution in [0.3, 0.4) is 0 Å². The number of H-pyrrole nitrogens is 1. The fraction of sp³-hybridized carbons (Fsp3) is 0.0833. The summed E-state index contributed by atoms with van der Waals surface area (Å²) in [6.07, 6.45) is 3.31. The van der Waals surface area contributed by atoms with E-state index in [-0.39, 0.29) is 0 Å². The van der Waals surface area contributed by atoms with E-state index < -0.39 is 0 Å². The predicted molar refractivity (Wildman–Crippen MR) is 77.9 cm³/mol. The normalized spacial score (nSPS) is 10.5. The first-order chi connectivity index (χ1) is 9.29. The minimum Gasteiger partial charge on any atom is -0.363 e. The molecule has 0 aliphatic rings. The van der Waals surface area contributed by atoms with E-state index in [1.165, 1.54) is 0 Å². The highest BCUT2D eigenvalue weighted by molar-refractivity contribution is 9.10. The van der Waals surface area contributed by atoms with E-state index in [0.29, 0.717) is 12.1 Å². The van der Waals surface area contributed by atoms with Crippen LogP contribution in [0.25, 0.3) is 10.1 Å². The second kappa shape index (κ2) is 4.99. The van der Waals surface area contributed by atoms with Gasteiger partial charge in [0.05, 0.1) is 33.2 Å². The second-order valence-corrected chi connectivity index (χ2v) is 5.62. The highest BCUT2D eigenvalue weighted by Crippen LogP contribution is 2.29. The molecule has 94 valence electrons. The van der Waals surface area contributed by atoms with Crippen LogP contribution in [-0.2, 0) is 6.54 Å². The van der Waals surface area contributed by atoms with Gasteiger partial charge in [-0.3, -0.25) is 5.10 Å². The van der Waals surface area contributed by atoms with E-state index in [4.69, 9.17) is 5.26 Å². The molecule has 0 aliphatic heterocycles. The number of aromatic amines is 1. The first-order valence-corrected chi connectivity index (χ1v) is 7.15. The van der Waals surface area contributed by atoms with E-state index in [0.717, 1.165) is 26.1 Å². The van der Waals surface area contributed by atoms with E-state index in [1.807, 2.05) is 11.4 Å². The number of hydrogen-bond donors (Lipinski definition) is 2. The summed E-state index contributed by atoms with van der Waals surface area (Å²) in [5.41, 5.74) is 1.56. The highest BCUT2D eigenvalue weighted by atomic mass is 79.9. The molecule has 3 heterocycles. The zero-order valence-electron chi connectivity index (χ0n) is 9.64. The molecule has 0 spiro atoms. The Bertz CT molecular complexity index is 770. The number of aromatic nitrogens is 3. The fourth-order valence-corrected chi connectivity index (χ4v) is 2.98. The molecule has 7 heteroatoms. The average Bonchev–Trinajstić information content (AvgIpc) is 3.05. The molecular weight excluding hydrogens is 326 g/mol. The van der Waals surface area contributed by atoms with Gasteiger partial charge in [-0.15, -0.1) is 11.3 Å². The van der Waals surface area contributed by atoms with Gasteiger partial charge in [0, 0.05) is 11.6 Å². The van der Waals surface area contributed by atoms with Crippen molar-refractivity contribution >= 4 is 43.2 Å². The molecule has 0 amide bonds. The molecule has 19 heavy (non-hydrogen) atoms. The molecule has 0 bridgehead atoms. The Balaban J connectivity index is 1.92. The SMILES string of the molecule is N#Cc1cnc(NCc2[nH]ncc2Br)c2sccc12. The van der Waals surface area contributed by atoms with Crippen molar-refractivity contribution in [2.45, 2.75) is 6.54 Å². The summed E-state index contributed by atoms with van der Waals surface area (Å²) in [7, 11) is 0. The lowest BCUT2D eigenvalue weighted by Gasteiger charge is -2.06. The van der Waals surface area contributed by atoms with Crippen molar-refractivity contribution in [3.05, 3.63) is 39.6 Å². The van der Waals surface area contributed by atoms with Crippen LogP contribution in [0.4, 0.5) is 5.82 Å². The predicted octanol–water partition coefficient (Wildman–Crippen LogP) is 3.27. The lowest BCUT2D eigenvalue weighted by atomic mass is 10.2. The Kier molecular flexibility index (Phi) is 3.19. The van der Waals surface area contributed by atoms with E-state index in [9.17, 15) is 0 Å². The number of rotatable bonds is 3. The molecule has 0 radical (unpaired) electrons. The number of nitrogens with zero attached hydrogens (tertiary/aromatic N) is 3. The van der Waals surface area contributed by atoms with Crippen molar-refractivity contribution in [3.63, 3.8) is 0 Å². The van der Waals surface area contributed by atoms with Crippen LogP contribution in [-0.4, -0.2) is 15.2 Å². The Morgan fingerprint density at radius 1 is 1.47 bits per heavy atom. The van der Waals surface area contributed by atoms with E-state index in [2.05, 4.69) is 42.5 Å². The zero-order chi connectivity index (χ0) is 13.2. The third kappa shape index (κ3) is 2.20. The van der Waals surface area contributed by atoms with Crippen molar-refractivity contribution in [3.8, 4) is 6.07 Å². The van der Waals surface area contributed by atoms with Gasteiger partial charge < -0.3 is 5.32 Å². The molecule has 0 atom stereocenters. The molecule has 5 nitrogen and oxygen atoms in total. The number of pyridine rings is 1. The average molecular weight is 334 g/mol. The van der Waals surface area contributed by atoms with Crippen molar-refractivity contribution in [1.82, 2.24) is 15.2 Å². The quantitative estimate of drug-likeness (QED) is 0.771. The van der Waals surface area contributed by atoms with Gasteiger partial charge in [-0.25, -0.2) is 4.98 Å². The fourth-order valence-electron chi connectivity index (χ4n) is 1.77. The summed E-state index contributed by atoms with van der Waals surface area (Å²) >= 11 is 4.98. The van der Waals surface area contributed by atoms with Gasteiger partial charge in [-0.05, 0) is 27.4 Å². The molecule has 3 rings (SSSR count). The van der Waals surface area contributed by atoms with Crippen molar-refractivity contribution < 1.29 is 0 Å². The number of hydrogen-bond acceptors (Lipinski definition) is 5. The van der Waals surface area contributed by atoms with Crippen LogP contribution in [0.2, 0.25) is 0 Å². The maximum absolute atomic E-state index is 9.04. The maximum Gasteiger partial charge on any atom is 0.144 e. The molecule has 0 aliphatic carbocycles. The van der Waals surface area contributed by atoms with Crippen LogP contribution in [0, 0.1) is 11.3 Å². The van der Waals surface area contributed by atoms with Crippen LogP contribution >= 0.6 is 27.3 Å². The van der Waals surface area contributed by atoms with Crippen LogP contribution < -0.4 is 5.32 Å². The van der Waals surface area contributed by atoms with E-state index >= 15 is 0 Å². The third-order valence-electron chi connectivity index (χ3n) is 2.71. The lowest BCUT2D eigenvalue weighted by Crippen LogP contribution is -2.02. The maximum atomic E-state index is 9.04. The summed E-state index contributed by atoms with van der Waals surface area (Å²) < 4.78 is 1.92. The molecule has 0 saturated carbocycles. The van der Waals surface area contributed by atoms with Gasteiger partial charge in [0.1, 0.15) is 11.9 Å².